The monoisotopic (exact) mass is 935 g/mol. The Labute approximate surface area is 414 Å². The largest absolute Gasteiger partial charge is 0.462 e. The van der Waals surface area contributed by atoms with Crippen molar-refractivity contribution in [3.8, 4) is 0 Å². The molecule has 0 radical (unpaired) electrons. The number of carbonyl (C=O) groups excluding carboxylic acids is 3. The van der Waals surface area contributed by atoms with Crippen LogP contribution in [0.2, 0.25) is 0 Å². The molecule has 386 valence electrons. The molecule has 0 aliphatic carbocycles. The molecule has 67 heavy (non-hydrogen) atoms. The molecule has 0 N–H and O–H groups in total. The van der Waals surface area contributed by atoms with E-state index in [9.17, 15) is 14.4 Å². The Kier molecular flexibility index (Phi) is 52.8. The van der Waals surface area contributed by atoms with E-state index in [2.05, 4.69) is 93.7 Å². The first-order valence-electron chi connectivity index (χ1n) is 28.5. The molecule has 1 atom stereocenters. The van der Waals surface area contributed by atoms with Crippen LogP contribution in [0.5, 0.6) is 0 Å². The fourth-order valence-corrected chi connectivity index (χ4v) is 7.95. The summed E-state index contributed by atoms with van der Waals surface area (Å²) in [5.74, 6) is -0.930. The molecule has 0 bridgehead atoms. The van der Waals surface area contributed by atoms with Crippen LogP contribution in [-0.2, 0) is 28.6 Å². The van der Waals surface area contributed by atoms with E-state index >= 15 is 0 Å². The summed E-state index contributed by atoms with van der Waals surface area (Å²) in [4.78, 5) is 38.1. The summed E-state index contributed by atoms with van der Waals surface area (Å²) in [5, 5.41) is 0. The van der Waals surface area contributed by atoms with Gasteiger partial charge in [0.2, 0.25) is 0 Å². The lowest BCUT2D eigenvalue weighted by Gasteiger charge is -2.18. The minimum Gasteiger partial charge on any atom is -0.462 e. The van der Waals surface area contributed by atoms with E-state index in [1.807, 2.05) is 0 Å². The van der Waals surface area contributed by atoms with E-state index in [4.69, 9.17) is 14.2 Å². The number of hydrogen-bond donors (Lipinski definition) is 0. The molecular formula is C61H106O6. The Bertz CT molecular complexity index is 1260. The molecule has 0 heterocycles. The zero-order chi connectivity index (χ0) is 48.6. The Balaban J connectivity index is 4.44. The Hall–Kier alpha value is -3.15. The summed E-state index contributed by atoms with van der Waals surface area (Å²) < 4.78 is 16.8. The topological polar surface area (TPSA) is 78.9 Å². The highest BCUT2D eigenvalue weighted by Crippen LogP contribution is 2.15. The zero-order valence-electron chi connectivity index (χ0n) is 44.2. The van der Waals surface area contributed by atoms with E-state index in [1.54, 1.807) is 0 Å². The Morgan fingerprint density at radius 1 is 0.328 bits per heavy atom. The molecule has 0 amide bonds. The van der Waals surface area contributed by atoms with Crippen LogP contribution >= 0.6 is 0 Å². The summed E-state index contributed by atoms with van der Waals surface area (Å²) in [6.07, 6.45) is 70.3. The highest BCUT2D eigenvalue weighted by molar-refractivity contribution is 5.71. The molecule has 6 nitrogen and oxygen atoms in total. The predicted molar refractivity (Wildman–Crippen MR) is 288 cm³/mol. The van der Waals surface area contributed by atoms with Crippen LogP contribution in [0, 0.1) is 0 Å². The van der Waals surface area contributed by atoms with Crippen molar-refractivity contribution in [1.82, 2.24) is 0 Å². The van der Waals surface area contributed by atoms with Gasteiger partial charge < -0.3 is 14.2 Å². The van der Waals surface area contributed by atoms with Gasteiger partial charge in [-0.2, -0.15) is 0 Å². The van der Waals surface area contributed by atoms with Crippen LogP contribution in [0.15, 0.2) is 72.9 Å². The van der Waals surface area contributed by atoms with E-state index in [1.165, 1.54) is 128 Å². The second kappa shape index (κ2) is 55.4. The van der Waals surface area contributed by atoms with Gasteiger partial charge in [-0.3, -0.25) is 14.4 Å². The molecule has 0 saturated carbocycles. The molecule has 0 aromatic carbocycles. The highest BCUT2D eigenvalue weighted by atomic mass is 16.6. The lowest BCUT2D eigenvalue weighted by atomic mass is 10.0. The minimum absolute atomic E-state index is 0.0914. The molecule has 0 aliphatic rings. The lowest BCUT2D eigenvalue weighted by Crippen LogP contribution is -2.30. The van der Waals surface area contributed by atoms with Gasteiger partial charge in [0.25, 0.3) is 0 Å². The molecule has 0 spiro atoms. The van der Waals surface area contributed by atoms with Crippen molar-refractivity contribution >= 4 is 17.9 Å². The summed E-state index contributed by atoms with van der Waals surface area (Å²) in [6.45, 7) is 6.50. The van der Waals surface area contributed by atoms with Crippen molar-refractivity contribution < 1.29 is 28.6 Å². The standard InChI is InChI=1S/C61H106O6/c1-4-7-10-13-16-19-22-25-28-30-31-34-36-39-42-45-48-51-54-60(63)66-57-58(56-65-59(62)53-50-47-44-41-38-35-32-27-24-21-18-15-12-9-6-3)67-61(64)55-52-49-46-43-40-37-33-29-26-23-20-17-14-11-8-5-2/h8,11,17,20,26,28-31,34,37,40,58H,4-7,9-10,12-16,18-19,21-25,27,32-33,35-36,38-39,41-57H2,1-3H3/b11-8-,20-17-,29-26-,30-28-,34-31-,40-37-. The van der Waals surface area contributed by atoms with Crippen molar-refractivity contribution in [2.45, 2.75) is 284 Å². The van der Waals surface area contributed by atoms with E-state index in [0.717, 1.165) is 109 Å². The van der Waals surface area contributed by atoms with Gasteiger partial charge in [0.1, 0.15) is 13.2 Å². The third-order valence-corrected chi connectivity index (χ3v) is 12.2. The number of carbonyl (C=O) groups is 3. The Morgan fingerprint density at radius 2 is 0.627 bits per heavy atom. The number of hydrogen-bond acceptors (Lipinski definition) is 6. The molecule has 0 fully saturated rings. The molecule has 0 aliphatic heterocycles. The second-order valence-corrected chi connectivity index (χ2v) is 18.9. The number of rotatable bonds is 51. The van der Waals surface area contributed by atoms with Gasteiger partial charge in [0.05, 0.1) is 0 Å². The van der Waals surface area contributed by atoms with Gasteiger partial charge >= 0.3 is 17.9 Å². The van der Waals surface area contributed by atoms with Crippen LogP contribution in [0.1, 0.15) is 278 Å². The van der Waals surface area contributed by atoms with Crippen molar-refractivity contribution in [3.05, 3.63) is 72.9 Å². The maximum Gasteiger partial charge on any atom is 0.306 e. The van der Waals surface area contributed by atoms with Crippen LogP contribution in [0.25, 0.3) is 0 Å². The summed E-state index contributed by atoms with van der Waals surface area (Å²) in [5.41, 5.74) is 0. The van der Waals surface area contributed by atoms with E-state index in [0.29, 0.717) is 12.8 Å². The minimum atomic E-state index is -0.797. The first-order chi connectivity index (χ1) is 33.0. The number of esters is 3. The maximum absolute atomic E-state index is 12.8. The van der Waals surface area contributed by atoms with E-state index in [-0.39, 0.29) is 37.5 Å². The predicted octanol–water partition coefficient (Wildman–Crippen LogP) is 19.0. The van der Waals surface area contributed by atoms with Crippen LogP contribution in [0.4, 0.5) is 0 Å². The zero-order valence-corrected chi connectivity index (χ0v) is 44.2. The van der Waals surface area contributed by atoms with Gasteiger partial charge in [-0.25, -0.2) is 0 Å². The maximum atomic E-state index is 12.8. The Morgan fingerprint density at radius 3 is 1.01 bits per heavy atom. The van der Waals surface area contributed by atoms with Gasteiger partial charge in [-0.1, -0.05) is 248 Å². The van der Waals surface area contributed by atoms with Gasteiger partial charge in [0, 0.05) is 19.3 Å². The van der Waals surface area contributed by atoms with Gasteiger partial charge in [-0.05, 0) is 83.5 Å². The van der Waals surface area contributed by atoms with Crippen molar-refractivity contribution in [1.29, 1.82) is 0 Å². The molecule has 1 unspecified atom stereocenters. The SMILES string of the molecule is CC/C=C\C/C=C\C/C=C\C/C=C\CCCCCC(=O)OC(COC(=O)CCCCCCC/C=C\C=C/CCCCCCCCC)COC(=O)CCCCCCCCCCCCCCCCC. The molecule has 0 aromatic heterocycles. The summed E-state index contributed by atoms with van der Waals surface area (Å²) in [7, 11) is 0. The van der Waals surface area contributed by atoms with Gasteiger partial charge in [0.15, 0.2) is 6.10 Å². The molecule has 0 aromatic rings. The first-order valence-corrected chi connectivity index (χ1v) is 28.5. The molecule has 0 rings (SSSR count). The third-order valence-electron chi connectivity index (χ3n) is 12.2. The highest BCUT2D eigenvalue weighted by Gasteiger charge is 2.19. The number of ether oxygens (including phenoxy) is 3. The smallest absolute Gasteiger partial charge is 0.306 e. The normalized spacial score (nSPS) is 12.6. The quantitative estimate of drug-likeness (QED) is 0.0199. The number of unbranched alkanes of at least 4 members (excludes halogenated alkanes) is 29. The van der Waals surface area contributed by atoms with Crippen molar-refractivity contribution in [3.63, 3.8) is 0 Å². The van der Waals surface area contributed by atoms with Crippen LogP contribution in [-0.4, -0.2) is 37.2 Å². The second-order valence-electron chi connectivity index (χ2n) is 18.9. The van der Waals surface area contributed by atoms with Crippen molar-refractivity contribution in [2.75, 3.05) is 13.2 Å². The van der Waals surface area contributed by atoms with E-state index < -0.39 is 6.10 Å². The summed E-state index contributed by atoms with van der Waals surface area (Å²) in [6, 6.07) is 0. The first kappa shape index (κ1) is 63.8. The van der Waals surface area contributed by atoms with Gasteiger partial charge in [-0.15, -0.1) is 0 Å². The average molecular weight is 936 g/mol. The third kappa shape index (κ3) is 53.7. The molecule has 6 heteroatoms. The fraction of sp³-hybridized carbons (Fsp3) is 0.754. The lowest BCUT2D eigenvalue weighted by molar-refractivity contribution is -0.167. The average Bonchev–Trinajstić information content (AvgIpc) is 3.33. The van der Waals surface area contributed by atoms with Crippen molar-refractivity contribution in [2.24, 2.45) is 0 Å². The fourth-order valence-electron chi connectivity index (χ4n) is 7.95. The summed E-state index contributed by atoms with van der Waals surface area (Å²) >= 11 is 0. The van der Waals surface area contributed by atoms with Crippen LogP contribution < -0.4 is 0 Å². The van der Waals surface area contributed by atoms with Crippen LogP contribution in [0.3, 0.4) is 0 Å². The molecular weight excluding hydrogens is 829 g/mol. The molecule has 0 saturated heterocycles. The number of allylic oxidation sites excluding steroid dienone is 12.